The molecule has 0 atom stereocenters. The largest absolute Gasteiger partial charge is 0.417 e. The van der Waals surface area contributed by atoms with Crippen LogP contribution in [0.25, 0.3) is 0 Å². The number of nitrogens with one attached hydrogen (secondary N) is 1. The van der Waals surface area contributed by atoms with E-state index in [0.717, 1.165) is 23.0 Å². The Morgan fingerprint density at radius 1 is 1.26 bits per heavy atom. The fourth-order valence-corrected chi connectivity index (χ4v) is 2.22. The summed E-state index contributed by atoms with van der Waals surface area (Å²) in [4.78, 5) is 8.06. The van der Waals surface area contributed by atoms with E-state index >= 15 is 0 Å². The lowest BCUT2D eigenvalue weighted by Gasteiger charge is -2.07. The Morgan fingerprint density at radius 2 is 2.05 bits per heavy atom. The summed E-state index contributed by atoms with van der Waals surface area (Å²) in [5.41, 5.74) is 0.808. The molecule has 0 aliphatic rings. The van der Waals surface area contributed by atoms with Gasteiger partial charge in [0.25, 0.3) is 0 Å². The Kier molecular flexibility index (Phi) is 4.16. The summed E-state index contributed by atoms with van der Waals surface area (Å²) in [5.74, 6) is 0. The number of thiazole rings is 1. The molecule has 0 aliphatic heterocycles. The van der Waals surface area contributed by atoms with E-state index in [1.54, 1.807) is 11.3 Å². The minimum atomic E-state index is -4.34. The summed E-state index contributed by atoms with van der Waals surface area (Å²) in [5, 5.41) is 5.99. The second kappa shape index (κ2) is 5.66. The zero-order chi connectivity index (χ0) is 13.9. The maximum Gasteiger partial charge on any atom is 0.417 e. The fraction of sp³-hybridized carbons (Fsp3) is 0.333. The Labute approximate surface area is 112 Å². The number of aromatic nitrogens is 2. The van der Waals surface area contributed by atoms with Crippen LogP contribution in [0.2, 0.25) is 0 Å². The van der Waals surface area contributed by atoms with Crippen molar-refractivity contribution in [3.8, 4) is 0 Å². The predicted octanol–water partition coefficient (Wildman–Crippen LogP) is 3.16. The number of aryl methyl sites for hydroxylation is 1. The summed E-state index contributed by atoms with van der Waals surface area (Å²) < 4.78 is 37.0. The molecule has 2 aromatic rings. The van der Waals surface area contributed by atoms with Gasteiger partial charge in [0, 0.05) is 30.4 Å². The molecular formula is C12H12F3N3S. The van der Waals surface area contributed by atoms with Crippen molar-refractivity contribution in [2.24, 2.45) is 0 Å². The lowest BCUT2D eigenvalue weighted by molar-refractivity contribution is -0.137. The van der Waals surface area contributed by atoms with Crippen LogP contribution in [0.15, 0.2) is 23.7 Å². The van der Waals surface area contributed by atoms with Gasteiger partial charge in [-0.2, -0.15) is 13.2 Å². The molecule has 0 aromatic carbocycles. The van der Waals surface area contributed by atoms with Gasteiger partial charge < -0.3 is 5.32 Å². The lowest BCUT2D eigenvalue weighted by Crippen LogP contribution is -2.14. The third-order valence-electron chi connectivity index (χ3n) is 2.40. The lowest BCUT2D eigenvalue weighted by atomic mass is 10.2. The highest BCUT2D eigenvalue weighted by atomic mass is 32.1. The van der Waals surface area contributed by atoms with Crippen LogP contribution >= 0.6 is 11.3 Å². The Bertz CT molecular complexity index is 534. The highest BCUT2D eigenvalue weighted by Gasteiger charge is 2.30. The molecule has 2 rings (SSSR count). The molecule has 3 nitrogen and oxygen atoms in total. The zero-order valence-corrected chi connectivity index (χ0v) is 11.0. The van der Waals surface area contributed by atoms with Crippen LogP contribution in [-0.4, -0.2) is 9.97 Å². The van der Waals surface area contributed by atoms with Crippen LogP contribution in [0.5, 0.6) is 0 Å². The summed E-state index contributed by atoms with van der Waals surface area (Å²) in [6, 6.07) is 2.42. The highest BCUT2D eigenvalue weighted by molar-refractivity contribution is 7.09. The first-order chi connectivity index (χ1) is 8.95. The summed E-state index contributed by atoms with van der Waals surface area (Å²) in [6.45, 7) is 2.91. The van der Waals surface area contributed by atoms with E-state index in [0.29, 0.717) is 18.8 Å². The van der Waals surface area contributed by atoms with Gasteiger partial charge in [0.05, 0.1) is 11.3 Å². The SMILES string of the molecule is Cc1csc(CNCc2ccc(C(F)(F)F)cn2)n1. The molecule has 0 spiro atoms. The van der Waals surface area contributed by atoms with Gasteiger partial charge in [-0.15, -0.1) is 11.3 Å². The molecule has 0 saturated carbocycles. The van der Waals surface area contributed by atoms with Crippen molar-refractivity contribution in [3.05, 3.63) is 45.7 Å². The maximum absolute atomic E-state index is 12.3. The number of rotatable bonds is 4. The normalized spacial score (nSPS) is 11.8. The molecule has 19 heavy (non-hydrogen) atoms. The van der Waals surface area contributed by atoms with E-state index in [1.807, 2.05) is 12.3 Å². The Balaban J connectivity index is 1.86. The van der Waals surface area contributed by atoms with E-state index in [4.69, 9.17) is 0 Å². The first-order valence-corrected chi connectivity index (χ1v) is 6.47. The quantitative estimate of drug-likeness (QED) is 0.938. The van der Waals surface area contributed by atoms with Crippen LogP contribution < -0.4 is 5.32 Å². The van der Waals surface area contributed by atoms with Crippen molar-refractivity contribution >= 4 is 11.3 Å². The Morgan fingerprint density at radius 3 is 2.58 bits per heavy atom. The summed E-state index contributed by atoms with van der Waals surface area (Å²) in [7, 11) is 0. The van der Waals surface area contributed by atoms with Crippen molar-refractivity contribution in [2.45, 2.75) is 26.2 Å². The zero-order valence-electron chi connectivity index (χ0n) is 10.2. The molecule has 0 aliphatic carbocycles. The molecule has 2 aromatic heterocycles. The number of hydrogen-bond acceptors (Lipinski definition) is 4. The molecule has 0 bridgehead atoms. The van der Waals surface area contributed by atoms with E-state index < -0.39 is 11.7 Å². The summed E-state index contributed by atoms with van der Waals surface area (Å²) >= 11 is 1.55. The van der Waals surface area contributed by atoms with Crippen LogP contribution in [-0.2, 0) is 19.3 Å². The van der Waals surface area contributed by atoms with Crippen LogP contribution in [0, 0.1) is 6.92 Å². The first kappa shape index (κ1) is 14.0. The number of hydrogen-bond donors (Lipinski definition) is 1. The van der Waals surface area contributed by atoms with E-state index in [-0.39, 0.29) is 0 Å². The molecule has 102 valence electrons. The van der Waals surface area contributed by atoms with Gasteiger partial charge in [-0.05, 0) is 19.1 Å². The van der Waals surface area contributed by atoms with E-state index in [1.165, 1.54) is 6.07 Å². The minimum Gasteiger partial charge on any atom is -0.305 e. The van der Waals surface area contributed by atoms with Crippen molar-refractivity contribution < 1.29 is 13.2 Å². The first-order valence-electron chi connectivity index (χ1n) is 5.59. The average molecular weight is 287 g/mol. The van der Waals surface area contributed by atoms with E-state index in [9.17, 15) is 13.2 Å². The van der Waals surface area contributed by atoms with Gasteiger partial charge in [0.2, 0.25) is 0 Å². The molecule has 0 radical (unpaired) electrons. The van der Waals surface area contributed by atoms with Crippen molar-refractivity contribution in [1.82, 2.24) is 15.3 Å². The van der Waals surface area contributed by atoms with E-state index in [2.05, 4.69) is 15.3 Å². The highest BCUT2D eigenvalue weighted by Crippen LogP contribution is 2.28. The molecule has 0 fully saturated rings. The van der Waals surface area contributed by atoms with Crippen molar-refractivity contribution in [2.75, 3.05) is 0 Å². The molecule has 0 saturated heterocycles. The van der Waals surface area contributed by atoms with Gasteiger partial charge in [0.15, 0.2) is 0 Å². The average Bonchev–Trinajstić information content (AvgIpc) is 2.75. The second-order valence-electron chi connectivity index (χ2n) is 4.02. The van der Waals surface area contributed by atoms with Gasteiger partial charge in [-0.1, -0.05) is 0 Å². The standard InChI is InChI=1S/C12H12F3N3S/c1-8-7-19-11(18-8)6-16-5-10-3-2-9(4-17-10)12(13,14)15/h2-4,7,16H,5-6H2,1H3. The number of pyridine rings is 1. The number of halogens is 3. The molecule has 7 heteroatoms. The molecular weight excluding hydrogens is 275 g/mol. The van der Waals surface area contributed by atoms with Crippen molar-refractivity contribution in [1.29, 1.82) is 0 Å². The van der Waals surface area contributed by atoms with Gasteiger partial charge in [-0.3, -0.25) is 4.98 Å². The minimum absolute atomic E-state index is 0.413. The fourth-order valence-electron chi connectivity index (χ4n) is 1.48. The molecule has 1 N–H and O–H groups in total. The second-order valence-corrected chi connectivity index (χ2v) is 4.96. The third kappa shape index (κ3) is 4.00. The maximum atomic E-state index is 12.3. The third-order valence-corrected chi connectivity index (χ3v) is 3.37. The van der Waals surface area contributed by atoms with Gasteiger partial charge in [-0.25, -0.2) is 4.98 Å². The van der Waals surface area contributed by atoms with Gasteiger partial charge in [0.1, 0.15) is 5.01 Å². The van der Waals surface area contributed by atoms with Crippen molar-refractivity contribution in [3.63, 3.8) is 0 Å². The Hall–Kier alpha value is -1.47. The topological polar surface area (TPSA) is 37.8 Å². The molecule has 2 heterocycles. The van der Waals surface area contributed by atoms with Crippen LogP contribution in [0.4, 0.5) is 13.2 Å². The van der Waals surface area contributed by atoms with Gasteiger partial charge >= 0.3 is 6.18 Å². The summed E-state index contributed by atoms with van der Waals surface area (Å²) in [6.07, 6.45) is -3.48. The molecule has 0 amide bonds. The van der Waals surface area contributed by atoms with Crippen LogP contribution in [0.1, 0.15) is 22.0 Å². The number of nitrogens with zero attached hydrogens (tertiary/aromatic N) is 2. The molecule has 0 unspecified atom stereocenters. The predicted molar refractivity (Wildman–Crippen MR) is 66.6 cm³/mol. The van der Waals surface area contributed by atoms with Crippen LogP contribution in [0.3, 0.4) is 0 Å². The monoisotopic (exact) mass is 287 g/mol. The smallest absolute Gasteiger partial charge is 0.305 e. The number of alkyl halides is 3.